The van der Waals surface area contributed by atoms with Crippen LogP contribution in [-0.4, -0.2) is 40.4 Å². The topological polar surface area (TPSA) is 48.0 Å². The van der Waals surface area contributed by atoms with Gasteiger partial charge in [-0.3, -0.25) is 4.79 Å². The highest BCUT2D eigenvalue weighted by Crippen LogP contribution is 2.35. The third-order valence-electron chi connectivity index (χ3n) is 3.70. The van der Waals surface area contributed by atoms with Gasteiger partial charge in [0.05, 0.1) is 33.4 Å². The number of hydrogen-bond acceptors (Lipinski definition) is 5. The van der Waals surface area contributed by atoms with Crippen molar-refractivity contribution in [2.45, 2.75) is 12.8 Å². The summed E-state index contributed by atoms with van der Waals surface area (Å²) in [5.74, 6) is 1.77. The Bertz CT molecular complexity index is 475. The van der Waals surface area contributed by atoms with Crippen LogP contribution in [0, 0.1) is 5.92 Å². The minimum atomic E-state index is -0.140. The molecule has 1 aromatic rings. The van der Waals surface area contributed by atoms with Gasteiger partial charge in [-0.2, -0.15) is 0 Å². The summed E-state index contributed by atoms with van der Waals surface area (Å²) in [6.07, 6.45) is 1.47. The van der Waals surface area contributed by atoms with Crippen molar-refractivity contribution in [2.24, 2.45) is 5.92 Å². The van der Waals surface area contributed by atoms with Crippen LogP contribution in [0.1, 0.15) is 12.8 Å². The van der Waals surface area contributed by atoms with Gasteiger partial charge in [0.1, 0.15) is 11.5 Å². The molecule has 1 unspecified atom stereocenters. The second kappa shape index (κ2) is 6.50. The van der Waals surface area contributed by atoms with Gasteiger partial charge in [0.15, 0.2) is 0 Å². The SMILES string of the molecule is COC(=O)CC1CCN(c2ccc(OC)cc2OC)C1. The molecule has 1 atom stereocenters. The molecule has 0 amide bonds. The molecule has 5 heteroatoms. The van der Waals surface area contributed by atoms with Gasteiger partial charge in [0.2, 0.25) is 0 Å². The summed E-state index contributed by atoms with van der Waals surface area (Å²) in [7, 11) is 4.72. The molecule has 1 saturated heterocycles. The molecule has 1 fully saturated rings. The zero-order chi connectivity index (χ0) is 14.5. The van der Waals surface area contributed by atoms with Crippen molar-refractivity contribution in [3.63, 3.8) is 0 Å². The fourth-order valence-electron chi connectivity index (χ4n) is 2.58. The average Bonchev–Trinajstić information content (AvgIpc) is 2.94. The van der Waals surface area contributed by atoms with E-state index in [9.17, 15) is 4.79 Å². The van der Waals surface area contributed by atoms with Crippen molar-refractivity contribution >= 4 is 11.7 Å². The van der Waals surface area contributed by atoms with Crippen molar-refractivity contribution < 1.29 is 19.0 Å². The molecule has 0 saturated carbocycles. The van der Waals surface area contributed by atoms with Gasteiger partial charge in [0.25, 0.3) is 0 Å². The zero-order valence-electron chi connectivity index (χ0n) is 12.2. The standard InChI is InChI=1S/C15H21NO4/c1-18-12-4-5-13(14(9-12)19-2)16-7-6-11(10-16)8-15(17)20-3/h4-5,9,11H,6-8,10H2,1-3H3. The van der Waals surface area contributed by atoms with E-state index in [4.69, 9.17) is 14.2 Å². The van der Waals surface area contributed by atoms with Crippen LogP contribution in [0.2, 0.25) is 0 Å². The fourth-order valence-corrected chi connectivity index (χ4v) is 2.58. The molecule has 0 radical (unpaired) electrons. The van der Waals surface area contributed by atoms with Crippen LogP contribution in [0.25, 0.3) is 0 Å². The van der Waals surface area contributed by atoms with Crippen molar-refractivity contribution in [1.82, 2.24) is 0 Å². The lowest BCUT2D eigenvalue weighted by Gasteiger charge is -2.21. The summed E-state index contributed by atoms with van der Waals surface area (Å²) < 4.78 is 15.4. The number of carbonyl (C=O) groups excluding carboxylic acids is 1. The molecule has 1 aliphatic rings. The third-order valence-corrected chi connectivity index (χ3v) is 3.70. The minimum Gasteiger partial charge on any atom is -0.497 e. The summed E-state index contributed by atoms with van der Waals surface area (Å²) in [6.45, 7) is 1.77. The summed E-state index contributed by atoms with van der Waals surface area (Å²) in [4.78, 5) is 13.6. The Kier molecular flexibility index (Phi) is 4.71. The van der Waals surface area contributed by atoms with Crippen LogP contribution in [0.5, 0.6) is 11.5 Å². The number of nitrogens with zero attached hydrogens (tertiary/aromatic N) is 1. The van der Waals surface area contributed by atoms with Crippen molar-refractivity contribution in [1.29, 1.82) is 0 Å². The van der Waals surface area contributed by atoms with Crippen LogP contribution >= 0.6 is 0 Å². The van der Waals surface area contributed by atoms with E-state index in [-0.39, 0.29) is 5.97 Å². The highest BCUT2D eigenvalue weighted by molar-refractivity contribution is 5.70. The van der Waals surface area contributed by atoms with E-state index in [2.05, 4.69) is 4.90 Å². The van der Waals surface area contributed by atoms with E-state index in [1.54, 1.807) is 14.2 Å². The van der Waals surface area contributed by atoms with Crippen LogP contribution < -0.4 is 14.4 Å². The van der Waals surface area contributed by atoms with Gasteiger partial charge >= 0.3 is 5.97 Å². The van der Waals surface area contributed by atoms with Crippen molar-refractivity contribution in [3.05, 3.63) is 18.2 Å². The van der Waals surface area contributed by atoms with E-state index >= 15 is 0 Å². The second-order valence-corrected chi connectivity index (χ2v) is 4.92. The number of ether oxygens (including phenoxy) is 3. The highest BCUT2D eigenvalue weighted by atomic mass is 16.5. The van der Waals surface area contributed by atoms with Crippen LogP contribution in [0.4, 0.5) is 5.69 Å². The predicted molar refractivity (Wildman–Crippen MR) is 76.5 cm³/mol. The van der Waals surface area contributed by atoms with Gasteiger partial charge in [-0.15, -0.1) is 0 Å². The fraction of sp³-hybridized carbons (Fsp3) is 0.533. The Morgan fingerprint density at radius 3 is 2.75 bits per heavy atom. The number of hydrogen-bond donors (Lipinski definition) is 0. The Morgan fingerprint density at radius 1 is 1.30 bits per heavy atom. The molecule has 1 heterocycles. The van der Waals surface area contributed by atoms with Gasteiger partial charge in [-0.1, -0.05) is 0 Å². The summed E-state index contributed by atoms with van der Waals surface area (Å²) in [5.41, 5.74) is 1.04. The Morgan fingerprint density at radius 2 is 2.10 bits per heavy atom. The lowest BCUT2D eigenvalue weighted by atomic mass is 10.1. The molecular weight excluding hydrogens is 258 g/mol. The smallest absolute Gasteiger partial charge is 0.305 e. The lowest BCUT2D eigenvalue weighted by molar-refractivity contribution is -0.141. The first-order valence-electron chi connectivity index (χ1n) is 6.71. The number of benzene rings is 1. The molecule has 5 nitrogen and oxygen atoms in total. The van der Waals surface area contributed by atoms with Gasteiger partial charge < -0.3 is 19.1 Å². The van der Waals surface area contributed by atoms with Crippen LogP contribution in [-0.2, 0) is 9.53 Å². The van der Waals surface area contributed by atoms with E-state index in [0.717, 1.165) is 36.7 Å². The van der Waals surface area contributed by atoms with Gasteiger partial charge in [-0.25, -0.2) is 0 Å². The third kappa shape index (κ3) is 3.15. The van der Waals surface area contributed by atoms with E-state index < -0.39 is 0 Å². The molecule has 0 N–H and O–H groups in total. The van der Waals surface area contributed by atoms with Crippen molar-refractivity contribution in [2.75, 3.05) is 39.3 Å². The maximum Gasteiger partial charge on any atom is 0.305 e. The number of esters is 1. The Hall–Kier alpha value is -1.91. The number of rotatable bonds is 5. The largest absolute Gasteiger partial charge is 0.497 e. The first kappa shape index (κ1) is 14.5. The quantitative estimate of drug-likeness (QED) is 0.772. The number of methoxy groups -OCH3 is 3. The molecule has 1 aliphatic heterocycles. The molecule has 2 rings (SSSR count). The zero-order valence-corrected chi connectivity index (χ0v) is 12.2. The van der Waals surface area contributed by atoms with E-state index in [0.29, 0.717) is 12.3 Å². The van der Waals surface area contributed by atoms with E-state index in [1.807, 2.05) is 18.2 Å². The number of anilines is 1. The monoisotopic (exact) mass is 279 g/mol. The lowest BCUT2D eigenvalue weighted by Crippen LogP contribution is -2.21. The van der Waals surface area contributed by atoms with E-state index in [1.165, 1.54) is 7.11 Å². The first-order chi connectivity index (χ1) is 9.67. The summed E-state index contributed by atoms with van der Waals surface area (Å²) in [5, 5.41) is 0. The predicted octanol–water partition coefficient (Wildman–Crippen LogP) is 2.09. The van der Waals surface area contributed by atoms with Gasteiger partial charge in [-0.05, 0) is 24.5 Å². The maximum absolute atomic E-state index is 11.3. The molecule has 0 bridgehead atoms. The molecule has 0 aromatic heterocycles. The highest BCUT2D eigenvalue weighted by Gasteiger charge is 2.26. The summed E-state index contributed by atoms with van der Waals surface area (Å²) in [6, 6.07) is 5.80. The normalized spacial score (nSPS) is 17.9. The summed E-state index contributed by atoms with van der Waals surface area (Å²) >= 11 is 0. The molecule has 0 aliphatic carbocycles. The Balaban J connectivity index is 2.07. The molecule has 110 valence electrons. The van der Waals surface area contributed by atoms with Gasteiger partial charge in [0, 0.05) is 19.2 Å². The molecule has 20 heavy (non-hydrogen) atoms. The van der Waals surface area contributed by atoms with Crippen LogP contribution in [0.15, 0.2) is 18.2 Å². The molecular formula is C15H21NO4. The van der Waals surface area contributed by atoms with Crippen molar-refractivity contribution in [3.8, 4) is 11.5 Å². The minimum absolute atomic E-state index is 0.140. The molecule has 1 aromatic carbocycles. The maximum atomic E-state index is 11.3. The van der Waals surface area contributed by atoms with Crippen LogP contribution in [0.3, 0.4) is 0 Å². The number of carbonyl (C=O) groups is 1. The molecule has 0 spiro atoms. The average molecular weight is 279 g/mol. The first-order valence-corrected chi connectivity index (χ1v) is 6.71. The second-order valence-electron chi connectivity index (χ2n) is 4.92. The Labute approximate surface area is 119 Å².